The van der Waals surface area contributed by atoms with Crippen LogP contribution in [0.4, 0.5) is 0 Å². The van der Waals surface area contributed by atoms with Crippen LogP contribution in [-0.4, -0.2) is 62.7 Å². The average molecular weight is 418 g/mol. The Bertz CT molecular complexity index is 944. The summed E-state index contributed by atoms with van der Waals surface area (Å²) in [5.41, 5.74) is 6.54. The Morgan fingerprint density at radius 2 is 2.13 bits per heavy atom. The fraction of sp³-hybridized carbons (Fsp3) is 0.389. The molecule has 1 fully saturated rings. The summed E-state index contributed by atoms with van der Waals surface area (Å²) in [6.07, 6.45) is 2.67. The summed E-state index contributed by atoms with van der Waals surface area (Å²) in [5, 5.41) is 31.2. The number of aromatic nitrogens is 2. The number of hydrogen-bond donors (Lipinski definition) is 4. The van der Waals surface area contributed by atoms with Crippen LogP contribution in [0.2, 0.25) is 6.32 Å². The highest BCUT2D eigenvalue weighted by Gasteiger charge is 2.37. The third-order valence-corrected chi connectivity index (χ3v) is 5.08. The standard InChI is InChI=1S/C17H20BN4O7.CH4/c19-14(11-5-20-8-21-11)16(23)22-6-10(7-22)28-12-2-1-9-3-4-18(26,27)29-15(9)13(12)17(24)25;/h1-2,5,8,10,14,26-27H,3-4,6-7,19H2,(H,20,21)(H,24,25);1H4/q-1;/p-1. The zero-order valence-electron chi connectivity index (χ0n) is 15.3. The van der Waals surface area contributed by atoms with Gasteiger partial charge in [0.2, 0.25) is 5.91 Å². The zero-order valence-corrected chi connectivity index (χ0v) is 15.3. The lowest BCUT2D eigenvalue weighted by atomic mass is 9.70. The van der Waals surface area contributed by atoms with Gasteiger partial charge in [-0.15, -0.1) is 0 Å². The molecule has 1 aromatic carbocycles. The molecule has 0 bridgehead atoms. The van der Waals surface area contributed by atoms with Crippen LogP contribution in [0.5, 0.6) is 11.5 Å². The number of carboxylic acids is 1. The Labute approximate surface area is 172 Å². The summed E-state index contributed by atoms with van der Waals surface area (Å²) in [6.45, 7) is -2.69. The average Bonchev–Trinajstić information content (AvgIpc) is 3.16. The number of nitrogens with zero attached hydrogens (tertiary/aromatic N) is 2. The first kappa shape index (κ1) is 21.6. The quantitative estimate of drug-likeness (QED) is 0.424. The molecule has 4 rings (SSSR count). The van der Waals surface area contributed by atoms with Gasteiger partial charge >= 0.3 is 6.75 Å². The monoisotopic (exact) mass is 418 g/mol. The summed E-state index contributed by atoms with van der Waals surface area (Å²) in [7, 11) is 0. The van der Waals surface area contributed by atoms with Crippen LogP contribution in [0.1, 0.15) is 35.1 Å². The van der Waals surface area contributed by atoms with Gasteiger partial charge in [-0.3, -0.25) is 4.79 Å². The zero-order chi connectivity index (χ0) is 20.8. The molecule has 11 nitrogen and oxygen atoms in total. The van der Waals surface area contributed by atoms with Crippen molar-refractivity contribution in [2.75, 3.05) is 13.1 Å². The number of H-pyrrole nitrogens is 1. The van der Waals surface area contributed by atoms with Crippen LogP contribution in [0.3, 0.4) is 0 Å². The minimum atomic E-state index is -3.14. The van der Waals surface area contributed by atoms with Crippen LogP contribution in [-0.2, 0) is 11.2 Å². The number of carbonyl (C=O) groups is 2. The van der Waals surface area contributed by atoms with Crippen molar-refractivity contribution in [1.82, 2.24) is 14.9 Å². The van der Waals surface area contributed by atoms with E-state index in [4.69, 9.17) is 15.1 Å². The number of benzene rings is 1. The van der Waals surface area contributed by atoms with Gasteiger partial charge in [-0.1, -0.05) is 19.8 Å². The number of rotatable bonds is 5. The molecule has 2 aliphatic rings. The lowest BCUT2D eigenvalue weighted by Gasteiger charge is -2.41. The molecule has 2 aliphatic heterocycles. The molecular weight excluding hydrogens is 395 g/mol. The Morgan fingerprint density at radius 1 is 1.40 bits per heavy atom. The van der Waals surface area contributed by atoms with Gasteiger partial charge in [-0.2, -0.15) is 0 Å². The molecule has 0 saturated carbocycles. The lowest BCUT2D eigenvalue weighted by molar-refractivity contribution is -0.255. The van der Waals surface area contributed by atoms with Crippen molar-refractivity contribution in [1.29, 1.82) is 0 Å². The van der Waals surface area contributed by atoms with Gasteiger partial charge in [0.25, 0.3) is 0 Å². The minimum absolute atomic E-state index is 0. The number of ether oxygens (including phenoxy) is 1. The highest BCUT2D eigenvalue weighted by Crippen LogP contribution is 2.38. The van der Waals surface area contributed by atoms with Crippen molar-refractivity contribution in [3.05, 3.63) is 41.5 Å². The third kappa shape index (κ3) is 3.97. The SMILES string of the molecule is C.NC(C(=O)N1CC(Oc2ccc3c(c2C(=O)[O-])O[B-](O)(O)CC3)C1)c1cnc[nH]1. The predicted octanol–water partition coefficient (Wildman–Crippen LogP) is -1.44. The molecular formula is C18H23BN4O7-2. The van der Waals surface area contributed by atoms with Crippen LogP contribution < -0.4 is 20.2 Å². The van der Waals surface area contributed by atoms with E-state index in [0.29, 0.717) is 11.3 Å². The van der Waals surface area contributed by atoms with Gasteiger partial charge in [0.15, 0.2) is 0 Å². The van der Waals surface area contributed by atoms with E-state index in [-0.39, 0.29) is 56.2 Å². The molecule has 30 heavy (non-hydrogen) atoms. The van der Waals surface area contributed by atoms with Gasteiger partial charge in [0.1, 0.15) is 17.9 Å². The number of hydrogen-bond acceptors (Lipinski definition) is 9. The van der Waals surface area contributed by atoms with Gasteiger partial charge in [-0.25, -0.2) is 4.98 Å². The van der Waals surface area contributed by atoms with Crippen molar-refractivity contribution in [2.24, 2.45) is 5.73 Å². The van der Waals surface area contributed by atoms with E-state index < -0.39 is 24.9 Å². The molecule has 5 N–H and O–H groups in total. The van der Waals surface area contributed by atoms with E-state index >= 15 is 0 Å². The summed E-state index contributed by atoms with van der Waals surface area (Å²) >= 11 is 0. The molecule has 1 atom stereocenters. The topological polar surface area (TPSA) is 174 Å². The maximum Gasteiger partial charge on any atom is 0.430 e. The van der Waals surface area contributed by atoms with Gasteiger partial charge in [0, 0.05) is 0 Å². The van der Waals surface area contributed by atoms with Crippen LogP contribution in [0.25, 0.3) is 0 Å². The molecule has 0 aliphatic carbocycles. The fourth-order valence-electron chi connectivity index (χ4n) is 3.46. The van der Waals surface area contributed by atoms with E-state index in [1.54, 1.807) is 6.07 Å². The fourth-order valence-corrected chi connectivity index (χ4v) is 3.46. The Balaban J connectivity index is 0.00000256. The van der Waals surface area contributed by atoms with E-state index in [1.807, 2.05) is 0 Å². The number of amides is 1. The van der Waals surface area contributed by atoms with Crippen molar-refractivity contribution in [3.63, 3.8) is 0 Å². The molecule has 1 unspecified atom stereocenters. The van der Waals surface area contributed by atoms with Gasteiger partial charge in [0.05, 0.1) is 48.6 Å². The number of aromatic amines is 1. The van der Waals surface area contributed by atoms with Crippen molar-refractivity contribution >= 4 is 18.6 Å². The number of nitrogens with one attached hydrogen (secondary N) is 1. The number of nitrogens with two attached hydrogens (primary N) is 1. The van der Waals surface area contributed by atoms with Gasteiger partial charge < -0.3 is 45.0 Å². The Morgan fingerprint density at radius 3 is 2.77 bits per heavy atom. The Hall–Kier alpha value is -3.09. The number of fused-ring (bicyclic) bond motifs is 1. The second-order valence-corrected chi connectivity index (χ2v) is 7.20. The molecule has 1 amide bonds. The molecule has 0 spiro atoms. The van der Waals surface area contributed by atoms with E-state index in [9.17, 15) is 24.7 Å². The first-order valence-electron chi connectivity index (χ1n) is 9.11. The largest absolute Gasteiger partial charge is 0.669 e. The molecule has 12 heteroatoms. The summed E-state index contributed by atoms with van der Waals surface area (Å²) in [6, 6.07) is 2.21. The summed E-state index contributed by atoms with van der Waals surface area (Å²) in [5.74, 6) is -2.05. The Kier molecular flexibility index (Phi) is 5.75. The number of carboxylic acid groups (broad SMARTS) is 1. The van der Waals surface area contributed by atoms with Crippen LogP contribution >= 0.6 is 0 Å². The van der Waals surface area contributed by atoms with E-state index in [0.717, 1.165) is 0 Å². The maximum atomic E-state index is 12.4. The number of likely N-dealkylation sites (tertiary alicyclic amines) is 1. The second-order valence-electron chi connectivity index (χ2n) is 7.20. The van der Waals surface area contributed by atoms with Crippen molar-refractivity contribution < 1.29 is 34.1 Å². The van der Waals surface area contributed by atoms with E-state index in [2.05, 4.69) is 9.97 Å². The van der Waals surface area contributed by atoms with Crippen LogP contribution in [0, 0.1) is 0 Å². The molecule has 2 aromatic rings. The molecule has 0 radical (unpaired) electrons. The van der Waals surface area contributed by atoms with Gasteiger partial charge in [-0.05, 0) is 18.1 Å². The van der Waals surface area contributed by atoms with E-state index in [1.165, 1.54) is 23.5 Å². The normalized spacial score (nSPS) is 18.3. The number of imidazole rings is 1. The minimum Gasteiger partial charge on any atom is -0.669 e. The predicted molar refractivity (Wildman–Crippen MR) is 103 cm³/mol. The maximum absolute atomic E-state index is 12.4. The first-order valence-corrected chi connectivity index (χ1v) is 9.11. The van der Waals surface area contributed by atoms with Crippen LogP contribution in [0.15, 0.2) is 24.7 Å². The van der Waals surface area contributed by atoms with Crippen molar-refractivity contribution in [3.8, 4) is 11.5 Å². The smallest absolute Gasteiger partial charge is 0.430 e. The van der Waals surface area contributed by atoms with Crippen molar-refractivity contribution in [2.45, 2.75) is 32.3 Å². The lowest BCUT2D eigenvalue weighted by Crippen LogP contribution is -2.58. The first-order chi connectivity index (χ1) is 13.7. The highest BCUT2D eigenvalue weighted by molar-refractivity contribution is 6.59. The number of aromatic carboxylic acids is 1. The third-order valence-electron chi connectivity index (χ3n) is 5.08. The molecule has 3 heterocycles. The number of carbonyl (C=O) groups excluding carboxylic acids is 2. The molecule has 162 valence electrons. The second kappa shape index (κ2) is 7.97. The summed E-state index contributed by atoms with van der Waals surface area (Å²) < 4.78 is 10.8. The molecule has 1 aromatic heterocycles. The number of aryl methyl sites for hydroxylation is 1. The summed E-state index contributed by atoms with van der Waals surface area (Å²) in [4.78, 5) is 32.2. The molecule has 1 saturated heterocycles. The highest BCUT2D eigenvalue weighted by atomic mass is 16.6.